The van der Waals surface area contributed by atoms with E-state index < -0.39 is 0 Å². The van der Waals surface area contributed by atoms with E-state index in [1.807, 2.05) is 18.2 Å². The quantitative estimate of drug-likeness (QED) is 0.353. The van der Waals surface area contributed by atoms with E-state index >= 15 is 0 Å². The Balaban J connectivity index is 1.45. The van der Waals surface area contributed by atoms with Crippen LogP contribution in [-0.4, -0.2) is 39.3 Å². The largest absolute Gasteiger partial charge is 0.462 e. The number of aromatic nitrogens is 4. The highest BCUT2D eigenvalue weighted by Gasteiger charge is 2.37. The minimum atomic E-state index is -0.199. The fraction of sp³-hybridized carbons (Fsp3) is 0.545. The molecule has 1 aromatic carbocycles. The van der Waals surface area contributed by atoms with Gasteiger partial charge in [-0.2, -0.15) is 0 Å². The maximum Gasteiger partial charge on any atom is 0.302 e. The topological polar surface area (TPSA) is 90.0 Å². The molecular weight excluding hydrogens is 368 g/mol. The molecule has 0 saturated heterocycles. The van der Waals surface area contributed by atoms with E-state index in [4.69, 9.17) is 9.47 Å². The molecule has 7 nitrogen and oxygen atoms in total. The first-order chi connectivity index (χ1) is 14.2. The zero-order valence-corrected chi connectivity index (χ0v) is 17.0. The SMILES string of the molecule is CC(=O)OC1CCC(COCc2ccccc2)C1C/C=C\CCCc1nnn[nH]1. The number of hydrogen-bond donors (Lipinski definition) is 1. The molecule has 0 aliphatic heterocycles. The Kier molecular flexibility index (Phi) is 8.37. The van der Waals surface area contributed by atoms with Crippen LogP contribution in [0.1, 0.15) is 50.4 Å². The van der Waals surface area contributed by atoms with Crippen LogP contribution in [0.3, 0.4) is 0 Å². The van der Waals surface area contributed by atoms with Crippen LogP contribution >= 0.6 is 0 Å². The Bertz CT molecular complexity index is 749. The van der Waals surface area contributed by atoms with Crippen molar-refractivity contribution in [2.75, 3.05) is 6.61 Å². The van der Waals surface area contributed by atoms with Crippen LogP contribution in [0.2, 0.25) is 0 Å². The molecule has 1 aliphatic carbocycles. The van der Waals surface area contributed by atoms with Crippen LogP contribution in [0, 0.1) is 11.8 Å². The van der Waals surface area contributed by atoms with E-state index in [1.165, 1.54) is 12.5 Å². The van der Waals surface area contributed by atoms with Gasteiger partial charge in [0, 0.05) is 19.3 Å². The van der Waals surface area contributed by atoms with Crippen molar-refractivity contribution in [1.29, 1.82) is 0 Å². The molecule has 1 saturated carbocycles. The third kappa shape index (κ3) is 7.09. The Hall–Kier alpha value is -2.54. The summed E-state index contributed by atoms with van der Waals surface area (Å²) < 4.78 is 11.6. The summed E-state index contributed by atoms with van der Waals surface area (Å²) in [7, 11) is 0. The lowest BCUT2D eigenvalue weighted by Gasteiger charge is -2.23. The molecule has 2 aromatic rings. The fourth-order valence-electron chi connectivity index (χ4n) is 3.97. The van der Waals surface area contributed by atoms with Crippen LogP contribution in [0.15, 0.2) is 42.5 Å². The minimum absolute atomic E-state index is 0.0113. The molecule has 0 bridgehead atoms. The summed E-state index contributed by atoms with van der Waals surface area (Å²) in [6.45, 7) is 2.81. The molecular formula is C22H30N4O3. The van der Waals surface area contributed by atoms with Crippen molar-refractivity contribution in [3.8, 4) is 0 Å². The number of carbonyl (C=O) groups is 1. The van der Waals surface area contributed by atoms with Gasteiger partial charge in [-0.3, -0.25) is 4.79 Å². The molecule has 1 heterocycles. The number of tetrazole rings is 1. The monoisotopic (exact) mass is 398 g/mol. The summed E-state index contributed by atoms with van der Waals surface area (Å²) in [6.07, 6.45) is 10.1. The highest BCUT2D eigenvalue weighted by molar-refractivity contribution is 5.66. The third-order valence-corrected chi connectivity index (χ3v) is 5.41. The molecule has 156 valence electrons. The average molecular weight is 399 g/mol. The van der Waals surface area contributed by atoms with E-state index in [0.29, 0.717) is 25.0 Å². The van der Waals surface area contributed by atoms with E-state index in [1.54, 1.807) is 0 Å². The van der Waals surface area contributed by atoms with Gasteiger partial charge in [-0.05, 0) is 54.0 Å². The number of ether oxygens (including phenoxy) is 2. The van der Waals surface area contributed by atoms with Crippen LogP contribution in [0.4, 0.5) is 0 Å². The lowest BCUT2D eigenvalue weighted by atomic mass is 9.91. The van der Waals surface area contributed by atoms with Crippen molar-refractivity contribution in [3.05, 3.63) is 53.9 Å². The van der Waals surface area contributed by atoms with Crippen molar-refractivity contribution in [2.24, 2.45) is 11.8 Å². The van der Waals surface area contributed by atoms with Crippen molar-refractivity contribution in [2.45, 2.75) is 58.2 Å². The summed E-state index contributed by atoms with van der Waals surface area (Å²) in [5.41, 5.74) is 1.18. The second kappa shape index (κ2) is 11.5. The predicted octanol–water partition coefficient (Wildman–Crippen LogP) is 3.64. The molecule has 1 N–H and O–H groups in total. The number of nitrogens with one attached hydrogen (secondary N) is 1. The Morgan fingerprint density at radius 3 is 2.86 bits per heavy atom. The molecule has 3 atom stereocenters. The zero-order chi connectivity index (χ0) is 20.3. The highest BCUT2D eigenvalue weighted by Crippen LogP contribution is 2.37. The number of aryl methyl sites for hydroxylation is 1. The maximum atomic E-state index is 11.5. The standard InChI is InChI=1S/C22H30N4O3/c1-17(27)29-21-14-13-19(16-28-15-18-9-5-4-6-10-18)20(21)11-7-2-3-8-12-22-23-25-26-24-22/h2,4-7,9-10,19-21H,3,8,11-16H2,1H3,(H,23,24,25,26)/b7-2-. The van der Waals surface area contributed by atoms with Gasteiger partial charge in [0.25, 0.3) is 0 Å². The zero-order valence-electron chi connectivity index (χ0n) is 17.0. The summed E-state index contributed by atoms with van der Waals surface area (Å²) in [5, 5.41) is 13.8. The van der Waals surface area contributed by atoms with Gasteiger partial charge >= 0.3 is 5.97 Å². The van der Waals surface area contributed by atoms with Gasteiger partial charge in [0.15, 0.2) is 0 Å². The van der Waals surface area contributed by atoms with Gasteiger partial charge in [-0.15, -0.1) is 5.10 Å². The van der Waals surface area contributed by atoms with Crippen LogP contribution in [0.25, 0.3) is 0 Å². The molecule has 0 amide bonds. The van der Waals surface area contributed by atoms with Crippen LogP contribution < -0.4 is 0 Å². The van der Waals surface area contributed by atoms with Crippen LogP contribution in [0.5, 0.6) is 0 Å². The number of H-pyrrole nitrogens is 1. The van der Waals surface area contributed by atoms with Gasteiger partial charge in [-0.1, -0.05) is 42.5 Å². The predicted molar refractivity (Wildman–Crippen MR) is 109 cm³/mol. The molecule has 1 aromatic heterocycles. The molecule has 0 spiro atoms. The Morgan fingerprint density at radius 1 is 1.24 bits per heavy atom. The summed E-state index contributed by atoms with van der Waals surface area (Å²) in [6, 6.07) is 10.2. The van der Waals surface area contributed by atoms with E-state index in [9.17, 15) is 4.79 Å². The summed E-state index contributed by atoms with van der Waals surface area (Å²) in [5.74, 6) is 1.34. The number of rotatable bonds is 11. The van der Waals surface area contributed by atoms with E-state index in [2.05, 4.69) is 44.9 Å². The van der Waals surface area contributed by atoms with Gasteiger partial charge in [0.1, 0.15) is 11.9 Å². The van der Waals surface area contributed by atoms with Crippen molar-refractivity contribution in [1.82, 2.24) is 20.6 Å². The first kappa shape index (κ1) is 21.2. The second-order valence-electron chi connectivity index (χ2n) is 7.60. The molecule has 0 radical (unpaired) electrons. The van der Waals surface area contributed by atoms with Crippen molar-refractivity contribution < 1.29 is 14.3 Å². The molecule has 7 heteroatoms. The summed E-state index contributed by atoms with van der Waals surface area (Å²) in [4.78, 5) is 11.5. The van der Waals surface area contributed by atoms with Gasteiger partial charge in [0.2, 0.25) is 0 Å². The van der Waals surface area contributed by atoms with Gasteiger partial charge in [-0.25, -0.2) is 5.10 Å². The molecule has 1 fully saturated rings. The number of unbranched alkanes of at least 4 members (excludes halogenated alkanes) is 1. The second-order valence-corrected chi connectivity index (χ2v) is 7.60. The van der Waals surface area contributed by atoms with E-state index in [-0.39, 0.29) is 12.1 Å². The smallest absolute Gasteiger partial charge is 0.302 e. The molecule has 1 aliphatic rings. The first-order valence-corrected chi connectivity index (χ1v) is 10.4. The third-order valence-electron chi connectivity index (χ3n) is 5.41. The number of allylic oxidation sites excluding steroid dienone is 2. The number of aromatic amines is 1. The van der Waals surface area contributed by atoms with E-state index in [0.717, 1.165) is 44.3 Å². The lowest BCUT2D eigenvalue weighted by molar-refractivity contribution is -0.148. The summed E-state index contributed by atoms with van der Waals surface area (Å²) >= 11 is 0. The number of nitrogens with zero attached hydrogens (tertiary/aromatic N) is 3. The number of benzene rings is 1. The number of carbonyl (C=O) groups excluding carboxylic acids is 1. The van der Waals surface area contributed by atoms with Crippen molar-refractivity contribution in [3.63, 3.8) is 0 Å². The number of hydrogen-bond acceptors (Lipinski definition) is 6. The Morgan fingerprint density at radius 2 is 2.10 bits per heavy atom. The average Bonchev–Trinajstić information content (AvgIpc) is 3.36. The maximum absolute atomic E-state index is 11.5. The fourth-order valence-corrected chi connectivity index (χ4v) is 3.97. The molecule has 3 rings (SSSR count). The molecule has 3 unspecified atom stereocenters. The normalized spacial score (nSPS) is 21.6. The first-order valence-electron chi connectivity index (χ1n) is 10.4. The minimum Gasteiger partial charge on any atom is -0.462 e. The highest BCUT2D eigenvalue weighted by atomic mass is 16.5. The van der Waals surface area contributed by atoms with Gasteiger partial charge < -0.3 is 9.47 Å². The van der Waals surface area contributed by atoms with Crippen molar-refractivity contribution >= 4 is 5.97 Å². The number of esters is 1. The Labute approximate surface area is 171 Å². The van der Waals surface area contributed by atoms with Gasteiger partial charge in [0.05, 0.1) is 13.2 Å². The lowest BCUT2D eigenvalue weighted by Crippen LogP contribution is -2.26. The van der Waals surface area contributed by atoms with Crippen LogP contribution in [-0.2, 0) is 27.3 Å². The molecule has 29 heavy (non-hydrogen) atoms.